The minimum atomic E-state index is -1.00. The van der Waals surface area contributed by atoms with Crippen LogP contribution in [0.15, 0.2) is 48.5 Å². The third-order valence-corrected chi connectivity index (χ3v) is 11.9. The molecule has 6 aliphatic carbocycles. The van der Waals surface area contributed by atoms with Crippen molar-refractivity contribution in [3.8, 4) is 0 Å². The summed E-state index contributed by atoms with van der Waals surface area (Å²) < 4.78 is 26.0. The standard InChI is InChI=1S/C22H30N2O3.C11H17NO4.C11H15N.CH3F.ClH/c1-15-7-5-8-16(11-15)17-9-6-10-24(17)18(25)21-12-22(13-21,14-21)23-19(26)27-20(2,3)4;1-9(2,3)16-8(15)12-11-4-10(5-11,6-11)7(13)14;1-9-4-2-5-10(8-9)11-6-3-7-12-11;1-2;/h5,7-8,11,17H,6,9-10,12-14H2,1-4H3,(H,23,26);4-6H2,1-3H3,(H,12,15)(H,13,14);2,4-5,8,11-12H,3,6-7H2,1H3;1H3;1H/i;;;1D;. The molecule has 58 heavy (non-hydrogen) atoms. The number of hydrogen-bond acceptors (Lipinski definition) is 7. The van der Waals surface area contributed by atoms with Gasteiger partial charge in [-0.25, -0.2) is 9.59 Å². The molecular weight excluding hydrogens is 763 g/mol. The average molecular weight is 831 g/mol. The van der Waals surface area contributed by atoms with Crippen molar-refractivity contribution in [3.63, 3.8) is 0 Å². The lowest BCUT2D eigenvalue weighted by Crippen LogP contribution is -2.78. The number of halogens is 2. The molecule has 2 aliphatic heterocycles. The Hall–Kier alpha value is -3.90. The number of aliphatic carboxylic acids is 1. The van der Waals surface area contributed by atoms with E-state index in [0.29, 0.717) is 25.3 Å². The van der Waals surface area contributed by atoms with E-state index in [4.69, 9.17) is 16.0 Å². The van der Waals surface area contributed by atoms with Crippen molar-refractivity contribution in [3.05, 3.63) is 70.8 Å². The molecule has 2 unspecified atom stereocenters. The first-order chi connectivity index (χ1) is 27.1. The van der Waals surface area contributed by atoms with Gasteiger partial charge in [-0.15, -0.1) is 12.4 Å². The molecule has 2 heterocycles. The third kappa shape index (κ3) is 10.6. The number of likely N-dealkylation sites (tertiary alicyclic amines) is 1. The first kappa shape index (κ1) is 45.2. The molecule has 4 N–H and O–H groups in total. The highest BCUT2D eigenvalue weighted by Gasteiger charge is 2.74. The lowest BCUT2D eigenvalue weighted by Gasteiger charge is -2.69. The van der Waals surface area contributed by atoms with Crippen LogP contribution in [0.25, 0.3) is 0 Å². The Morgan fingerprint density at radius 3 is 1.69 bits per heavy atom. The molecule has 322 valence electrons. The maximum Gasteiger partial charge on any atom is 0.408 e. The Morgan fingerprint density at radius 2 is 1.26 bits per heavy atom. The van der Waals surface area contributed by atoms with E-state index in [1.165, 1.54) is 41.6 Å². The number of hydrogen-bond donors (Lipinski definition) is 4. The van der Waals surface area contributed by atoms with Gasteiger partial charge >= 0.3 is 18.2 Å². The van der Waals surface area contributed by atoms with Crippen molar-refractivity contribution in [2.24, 2.45) is 10.8 Å². The van der Waals surface area contributed by atoms with E-state index < -0.39 is 35.8 Å². The van der Waals surface area contributed by atoms with Gasteiger partial charge in [0.2, 0.25) is 5.91 Å². The second kappa shape index (κ2) is 17.8. The number of ether oxygens (including phenoxy) is 2. The molecule has 2 atom stereocenters. The lowest BCUT2D eigenvalue weighted by molar-refractivity contribution is -0.197. The van der Waals surface area contributed by atoms with E-state index in [1.807, 2.05) is 20.8 Å². The molecule has 4 bridgehead atoms. The smallest absolute Gasteiger partial charge is 0.408 e. The number of alkyl carbamates (subject to hydrolysis) is 2. The second-order valence-electron chi connectivity index (χ2n) is 19.4. The second-order valence-corrected chi connectivity index (χ2v) is 19.4. The molecule has 10 rings (SSSR count). The zero-order valence-corrected chi connectivity index (χ0v) is 36.4. The van der Waals surface area contributed by atoms with Crippen LogP contribution >= 0.6 is 12.4 Å². The summed E-state index contributed by atoms with van der Waals surface area (Å²) >= 11 is 0. The number of alkyl halides is 1. The number of nitrogens with zero attached hydrogens (tertiary/aromatic N) is 1. The van der Waals surface area contributed by atoms with Crippen molar-refractivity contribution in [1.82, 2.24) is 20.9 Å². The average Bonchev–Trinajstić information content (AvgIpc) is 3.76. The topological polar surface area (TPSA) is 146 Å². The number of carboxylic acids is 1. The normalized spacial score (nSPS) is 29.7. The van der Waals surface area contributed by atoms with Gasteiger partial charge in [-0.3, -0.25) is 14.0 Å². The summed E-state index contributed by atoms with van der Waals surface area (Å²) in [4.78, 5) is 49.8. The van der Waals surface area contributed by atoms with Gasteiger partial charge in [-0.05, 0) is 137 Å². The molecule has 11 nitrogen and oxygen atoms in total. The van der Waals surface area contributed by atoms with Crippen molar-refractivity contribution in [1.29, 1.82) is 0 Å². The lowest BCUT2D eigenvalue weighted by atomic mass is 9.39. The molecule has 2 saturated heterocycles. The Morgan fingerprint density at radius 1 is 0.793 bits per heavy atom. The van der Waals surface area contributed by atoms with E-state index in [0.717, 1.165) is 38.6 Å². The fraction of sp³-hybridized carbons (Fsp3) is 0.644. The first-order valence-electron chi connectivity index (χ1n) is 21.1. The predicted octanol–water partition coefficient (Wildman–Crippen LogP) is 9.05. The van der Waals surface area contributed by atoms with Gasteiger partial charge in [-0.2, -0.15) is 0 Å². The van der Waals surface area contributed by atoms with Crippen molar-refractivity contribution in [2.45, 2.75) is 154 Å². The van der Waals surface area contributed by atoms with Gasteiger partial charge in [0, 0.05) is 23.7 Å². The highest BCUT2D eigenvalue weighted by molar-refractivity contribution is 5.89. The number of nitrogens with one attached hydrogen (secondary N) is 3. The number of aryl methyl sites for hydroxylation is 2. The van der Waals surface area contributed by atoms with Crippen LogP contribution in [0.1, 0.15) is 141 Å². The summed E-state index contributed by atoms with van der Waals surface area (Å²) in [6, 6.07) is 18.1. The van der Waals surface area contributed by atoms with Crippen LogP contribution in [-0.4, -0.2) is 76.6 Å². The van der Waals surface area contributed by atoms with Crippen molar-refractivity contribution >= 4 is 36.5 Å². The van der Waals surface area contributed by atoms with Crippen LogP contribution in [0.3, 0.4) is 0 Å². The number of carbonyl (C=O) groups excluding carboxylic acids is 3. The van der Waals surface area contributed by atoms with Crippen LogP contribution in [0.4, 0.5) is 14.0 Å². The minimum Gasteiger partial charge on any atom is -0.481 e. The van der Waals surface area contributed by atoms with E-state index in [9.17, 15) is 23.6 Å². The molecule has 8 fully saturated rings. The summed E-state index contributed by atoms with van der Waals surface area (Å²) in [6.07, 6.45) is 7.72. The fourth-order valence-corrected chi connectivity index (χ4v) is 9.73. The van der Waals surface area contributed by atoms with Crippen LogP contribution in [0, 0.1) is 24.7 Å². The number of benzene rings is 2. The quantitative estimate of drug-likeness (QED) is 0.226. The molecule has 0 radical (unpaired) electrons. The zero-order chi connectivity index (χ0) is 42.7. The maximum absolute atomic E-state index is 13.3. The summed E-state index contributed by atoms with van der Waals surface area (Å²) in [6.45, 7) is 17.2. The molecule has 0 aromatic heterocycles. The van der Waals surface area contributed by atoms with Gasteiger partial charge in [0.1, 0.15) is 11.2 Å². The van der Waals surface area contributed by atoms with E-state index in [1.54, 1.807) is 20.8 Å². The first-order valence-corrected chi connectivity index (χ1v) is 20.3. The van der Waals surface area contributed by atoms with E-state index >= 15 is 0 Å². The van der Waals surface area contributed by atoms with Crippen molar-refractivity contribution in [2.75, 3.05) is 20.2 Å². The molecule has 13 heteroatoms. The van der Waals surface area contributed by atoms with Gasteiger partial charge in [0.05, 0.1) is 25.4 Å². The number of carboxylic acid groups (broad SMARTS) is 1. The predicted molar refractivity (Wildman–Crippen MR) is 225 cm³/mol. The summed E-state index contributed by atoms with van der Waals surface area (Å²) in [5.41, 5.74) is 2.92. The van der Waals surface area contributed by atoms with Crippen LogP contribution in [0.2, 0.25) is 0 Å². The fourth-order valence-electron chi connectivity index (χ4n) is 9.73. The monoisotopic (exact) mass is 829 g/mol. The third-order valence-electron chi connectivity index (χ3n) is 11.9. The summed E-state index contributed by atoms with van der Waals surface area (Å²) in [5, 5.41) is 18.2. The molecule has 6 saturated carbocycles. The van der Waals surface area contributed by atoms with Crippen molar-refractivity contribution < 1.29 is 39.5 Å². The Bertz CT molecular complexity index is 1790. The molecular formula is C45H66ClFN4O7. The van der Waals surface area contributed by atoms with Crippen LogP contribution < -0.4 is 16.0 Å². The number of amides is 3. The highest BCUT2D eigenvalue weighted by Crippen LogP contribution is 2.69. The SMILES string of the molecule is CC(C)(C)OC(=O)NC12CC(C(=O)O)(C1)C2.Cc1cccc(C2CCCN2)c1.Cc1cccc(C2CCCN2C(=O)C23CC(NC(=O)OC(C)(C)C)(C2)C3)c1.Cl.[2H]CF. The van der Waals surface area contributed by atoms with Crippen LogP contribution in [-0.2, 0) is 19.1 Å². The van der Waals surface area contributed by atoms with Gasteiger partial charge in [0.25, 0.3) is 0 Å². The Kier molecular flexibility index (Phi) is 13.8. The number of carbonyl (C=O) groups is 4. The van der Waals surface area contributed by atoms with E-state index in [-0.39, 0.29) is 46.9 Å². The molecule has 8 aliphatic rings. The highest BCUT2D eigenvalue weighted by atomic mass is 35.5. The minimum absolute atomic E-state index is 0. The van der Waals surface area contributed by atoms with Gasteiger partial charge < -0.3 is 35.4 Å². The molecule has 2 aromatic carbocycles. The zero-order valence-electron chi connectivity index (χ0n) is 36.6. The van der Waals surface area contributed by atoms with Crippen LogP contribution in [0.5, 0.6) is 0 Å². The molecule has 2 aromatic rings. The maximum atomic E-state index is 13.3. The van der Waals surface area contributed by atoms with E-state index in [2.05, 4.69) is 83.2 Å². The van der Waals surface area contributed by atoms with Gasteiger partial charge in [0.15, 0.2) is 0 Å². The summed E-state index contributed by atoms with van der Waals surface area (Å²) in [5.74, 6) is -0.472. The largest absolute Gasteiger partial charge is 0.481 e. The van der Waals surface area contributed by atoms with Gasteiger partial charge in [-0.1, -0.05) is 59.7 Å². The summed E-state index contributed by atoms with van der Waals surface area (Å²) in [7, 11) is -1.00. The Balaban J connectivity index is 0.000000204. The Labute approximate surface area is 351 Å². The number of rotatable bonds is 6. The molecule has 0 spiro atoms. The molecule has 3 amide bonds.